The van der Waals surface area contributed by atoms with Crippen LogP contribution in [0.25, 0.3) is 11.3 Å². The molecule has 7 heteroatoms. The zero-order valence-corrected chi connectivity index (χ0v) is 13.4. The van der Waals surface area contributed by atoms with Gasteiger partial charge in [-0.3, -0.25) is 9.78 Å². The fourth-order valence-electron chi connectivity index (χ4n) is 2.79. The summed E-state index contributed by atoms with van der Waals surface area (Å²) in [4.78, 5) is 15.9. The summed E-state index contributed by atoms with van der Waals surface area (Å²) in [5.41, 5.74) is 1.26. The van der Waals surface area contributed by atoms with Gasteiger partial charge in [0.05, 0.1) is 17.3 Å². The summed E-state index contributed by atoms with van der Waals surface area (Å²) in [5, 5.41) is 6.01. The Balaban J connectivity index is 1.67. The highest BCUT2D eigenvalue weighted by Gasteiger charge is 2.30. The van der Waals surface area contributed by atoms with E-state index in [0.29, 0.717) is 17.8 Å². The van der Waals surface area contributed by atoms with E-state index in [1.54, 1.807) is 12.1 Å². The van der Waals surface area contributed by atoms with Gasteiger partial charge in [0, 0.05) is 18.3 Å². The lowest BCUT2D eigenvalue weighted by Gasteiger charge is -2.12. The Kier molecular flexibility index (Phi) is 5.03. The summed E-state index contributed by atoms with van der Waals surface area (Å²) in [6, 6.07) is 9.47. The van der Waals surface area contributed by atoms with Gasteiger partial charge in [-0.05, 0) is 43.1 Å². The van der Waals surface area contributed by atoms with Crippen molar-refractivity contribution in [2.45, 2.75) is 31.6 Å². The van der Waals surface area contributed by atoms with Gasteiger partial charge < -0.3 is 10.6 Å². The molecule has 132 valence electrons. The van der Waals surface area contributed by atoms with Gasteiger partial charge in [-0.1, -0.05) is 18.2 Å². The fraction of sp³-hybridized carbons (Fsp3) is 0.333. The second kappa shape index (κ2) is 7.23. The minimum Gasteiger partial charge on any atom is -0.351 e. The van der Waals surface area contributed by atoms with Crippen LogP contribution in [-0.2, 0) is 17.5 Å². The molecule has 1 aliphatic heterocycles. The Bertz CT molecular complexity index is 738. The standard InChI is InChI=1S/C18H18F3N3O/c19-18(20,21)14-6-7-15(23-11-14)13-4-1-3-12(9-13)10-24-17(25)16-5-2-8-22-16/h1,3-4,6-7,9,11,16,22H,2,5,8,10H2,(H,24,25). The second-order valence-corrected chi connectivity index (χ2v) is 6.00. The molecule has 2 heterocycles. The van der Waals surface area contributed by atoms with E-state index in [9.17, 15) is 18.0 Å². The van der Waals surface area contributed by atoms with Crippen molar-refractivity contribution in [1.29, 1.82) is 0 Å². The lowest BCUT2D eigenvalue weighted by Crippen LogP contribution is -2.39. The number of rotatable bonds is 4. The molecule has 0 bridgehead atoms. The molecule has 1 aliphatic rings. The van der Waals surface area contributed by atoms with Crippen LogP contribution in [0, 0.1) is 0 Å². The molecule has 1 aromatic carbocycles. The first-order valence-electron chi connectivity index (χ1n) is 8.07. The summed E-state index contributed by atoms with van der Waals surface area (Å²) in [6.07, 6.45) is -1.74. The highest BCUT2D eigenvalue weighted by Crippen LogP contribution is 2.29. The number of alkyl halides is 3. The van der Waals surface area contributed by atoms with Gasteiger partial charge in [0.1, 0.15) is 0 Å². The third kappa shape index (κ3) is 4.36. The monoisotopic (exact) mass is 349 g/mol. The molecule has 4 nitrogen and oxygen atoms in total. The lowest BCUT2D eigenvalue weighted by molar-refractivity contribution is -0.137. The molecular formula is C18H18F3N3O. The highest BCUT2D eigenvalue weighted by atomic mass is 19.4. The predicted octanol–water partition coefficient (Wildman–Crippen LogP) is 3.14. The molecule has 1 saturated heterocycles. The van der Waals surface area contributed by atoms with Crippen LogP contribution >= 0.6 is 0 Å². The van der Waals surface area contributed by atoms with E-state index in [1.807, 2.05) is 12.1 Å². The average Bonchev–Trinajstić information content (AvgIpc) is 3.14. The molecule has 0 saturated carbocycles. The topological polar surface area (TPSA) is 54.0 Å². The van der Waals surface area contributed by atoms with Crippen LogP contribution in [-0.4, -0.2) is 23.5 Å². The molecule has 0 aliphatic carbocycles. The molecule has 2 aromatic rings. The van der Waals surface area contributed by atoms with Gasteiger partial charge in [-0.15, -0.1) is 0 Å². The molecule has 25 heavy (non-hydrogen) atoms. The van der Waals surface area contributed by atoms with Gasteiger partial charge in [0.15, 0.2) is 0 Å². The maximum atomic E-state index is 12.6. The molecule has 1 aromatic heterocycles. The Labute approximate surface area is 143 Å². The number of nitrogens with zero attached hydrogens (tertiary/aromatic N) is 1. The van der Waals surface area contributed by atoms with Crippen LogP contribution < -0.4 is 10.6 Å². The smallest absolute Gasteiger partial charge is 0.351 e. The van der Waals surface area contributed by atoms with Crippen molar-refractivity contribution >= 4 is 5.91 Å². The maximum absolute atomic E-state index is 12.6. The molecule has 1 fully saturated rings. The Morgan fingerprint density at radius 3 is 2.76 bits per heavy atom. The lowest BCUT2D eigenvalue weighted by atomic mass is 10.1. The van der Waals surface area contributed by atoms with Crippen LogP contribution in [0.1, 0.15) is 24.0 Å². The van der Waals surface area contributed by atoms with Crippen LogP contribution in [0.3, 0.4) is 0 Å². The molecule has 3 rings (SSSR count). The minimum absolute atomic E-state index is 0.0319. The van der Waals surface area contributed by atoms with E-state index in [2.05, 4.69) is 15.6 Å². The summed E-state index contributed by atoms with van der Waals surface area (Å²) >= 11 is 0. The van der Waals surface area contributed by atoms with Crippen molar-refractivity contribution in [3.8, 4) is 11.3 Å². The molecule has 1 amide bonds. The van der Waals surface area contributed by atoms with E-state index in [-0.39, 0.29) is 11.9 Å². The third-order valence-electron chi connectivity index (χ3n) is 4.16. The zero-order valence-electron chi connectivity index (χ0n) is 13.4. The first-order chi connectivity index (χ1) is 11.9. The number of hydrogen-bond acceptors (Lipinski definition) is 3. The number of nitrogens with one attached hydrogen (secondary N) is 2. The number of pyridine rings is 1. The van der Waals surface area contributed by atoms with Crippen molar-refractivity contribution in [2.75, 3.05) is 6.54 Å². The number of aromatic nitrogens is 1. The SMILES string of the molecule is O=C(NCc1cccc(-c2ccc(C(F)(F)F)cn2)c1)C1CCCN1. The maximum Gasteiger partial charge on any atom is 0.417 e. The Hall–Kier alpha value is -2.41. The number of halogens is 3. The van der Waals surface area contributed by atoms with Crippen LogP contribution in [0.15, 0.2) is 42.6 Å². The Morgan fingerprint density at radius 2 is 2.12 bits per heavy atom. The van der Waals surface area contributed by atoms with E-state index < -0.39 is 11.7 Å². The highest BCUT2D eigenvalue weighted by molar-refractivity contribution is 5.82. The van der Waals surface area contributed by atoms with Crippen LogP contribution in [0.5, 0.6) is 0 Å². The first kappa shape index (κ1) is 17.4. The zero-order chi connectivity index (χ0) is 17.9. The number of amides is 1. The van der Waals surface area contributed by atoms with E-state index in [4.69, 9.17) is 0 Å². The second-order valence-electron chi connectivity index (χ2n) is 6.00. The summed E-state index contributed by atoms with van der Waals surface area (Å²) in [7, 11) is 0. The molecule has 1 unspecified atom stereocenters. The van der Waals surface area contributed by atoms with Gasteiger partial charge in [-0.25, -0.2) is 0 Å². The molecule has 1 atom stereocenters. The number of carbonyl (C=O) groups is 1. The van der Waals surface area contributed by atoms with E-state index in [1.165, 1.54) is 6.07 Å². The van der Waals surface area contributed by atoms with Crippen molar-refractivity contribution in [3.63, 3.8) is 0 Å². The minimum atomic E-state index is -4.40. The molecule has 2 N–H and O–H groups in total. The quantitative estimate of drug-likeness (QED) is 0.892. The van der Waals surface area contributed by atoms with Gasteiger partial charge in [-0.2, -0.15) is 13.2 Å². The number of carbonyl (C=O) groups excluding carboxylic acids is 1. The van der Waals surface area contributed by atoms with E-state index in [0.717, 1.165) is 37.2 Å². The summed E-state index contributed by atoms with van der Waals surface area (Å²) in [6.45, 7) is 1.22. The molecule has 0 radical (unpaired) electrons. The molecule has 0 spiro atoms. The van der Waals surface area contributed by atoms with Gasteiger partial charge >= 0.3 is 6.18 Å². The van der Waals surface area contributed by atoms with Crippen molar-refractivity contribution in [2.24, 2.45) is 0 Å². The molecular weight excluding hydrogens is 331 g/mol. The Morgan fingerprint density at radius 1 is 1.28 bits per heavy atom. The predicted molar refractivity (Wildman–Crippen MR) is 87.5 cm³/mol. The van der Waals surface area contributed by atoms with Crippen molar-refractivity contribution < 1.29 is 18.0 Å². The van der Waals surface area contributed by atoms with Crippen molar-refractivity contribution in [1.82, 2.24) is 15.6 Å². The van der Waals surface area contributed by atoms with Crippen LogP contribution in [0.4, 0.5) is 13.2 Å². The van der Waals surface area contributed by atoms with Crippen molar-refractivity contribution in [3.05, 3.63) is 53.7 Å². The normalized spacial score (nSPS) is 17.5. The number of benzene rings is 1. The average molecular weight is 349 g/mol. The largest absolute Gasteiger partial charge is 0.417 e. The van der Waals surface area contributed by atoms with Gasteiger partial charge in [0.2, 0.25) is 5.91 Å². The van der Waals surface area contributed by atoms with Gasteiger partial charge in [0.25, 0.3) is 0 Å². The summed E-state index contributed by atoms with van der Waals surface area (Å²) in [5.74, 6) is -0.0319. The summed E-state index contributed by atoms with van der Waals surface area (Å²) < 4.78 is 37.8. The number of hydrogen-bond donors (Lipinski definition) is 2. The first-order valence-corrected chi connectivity index (χ1v) is 8.07. The van der Waals surface area contributed by atoms with Crippen LogP contribution in [0.2, 0.25) is 0 Å². The third-order valence-corrected chi connectivity index (χ3v) is 4.16. The van der Waals surface area contributed by atoms with E-state index >= 15 is 0 Å². The fourth-order valence-corrected chi connectivity index (χ4v) is 2.79.